The number of aliphatic hydroxyl groups excluding tert-OH is 2. The molecule has 0 spiro atoms. The van der Waals surface area contributed by atoms with Gasteiger partial charge >= 0.3 is 0 Å². The molecule has 2 aromatic rings. The minimum atomic E-state index is -0.567. The number of fused-ring (bicyclic) bond motifs is 1. The van der Waals surface area contributed by atoms with Crippen LogP contribution in [-0.2, 0) is 0 Å². The van der Waals surface area contributed by atoms with E-state index in [9.17, 15) is 10.2 Å². The zero-order valence-electron chi connectivity index (χ0n) is 13.2. The summed E-state index contributed by atoms with van der Waals surface area (Å²) in [6, 6.07) is 6.48. The molecule has 22 heavy (non-hydrogen) atoms. The Morgan fingerprint density at radius 2 is 2.27 bits per heavy atom. The first-order chi connectivity index (χ1) is 10.6. The van der Waals surface area contributed by atoms with Gasteiger partial charge in [-0.1, -0.05) is 19.4 Å². The van der Waals surface area contributed by atoms with E-state index in [1.54, 1.807) is 0 Å². The van der Waals surface area contributed by atoms with Gasteiger partial charge in [-0.15, -0.1) is 0 Å². The summed E-state index contributed by atoms with van der Waals surface area (Å²) in [5.41, 5.74) is 2.38. The highest BCUT2D eigenvalue weighted by Gasteiger charge is 2.42. The molecule has 1 aromatic heterocycles. The number of oxazole rings is 1. The Hall–Kier alpha value is -1.59. The maximum absolute atomic E-state index is 10.5. The van der Waals surface area contributed by atoms with E-state index in [1.165, 1.54) is 0 Å². The molecule has 2 N–H and O–H groups in total. The molecule has 1 aliphatic rings. The smallest absolute Gasteiger partial charge is 0.298 e. The summed E-state index contributed by atoms with van der Waals surface area (Å²) in [6.07, 6.45) is 1.98. The van der Waals surface area contributed by atoms with E-state index in [2.05, 4.69) is 11.9 Å². The van der Waals surface area contributed by atoms with Crippen molar-refractivity contribution in [2.45, 2.75) is 39.2 Å². The maximum Gasteiger partial charge on any atom is 0.298 e. The van der Waals surface area contributed by atoms with E-state index in [1.807, 2.05) is 30.0 Å². The van der Waals surface area contributed by atoms with Crippen molar-refractivity contribution in [3.63, 3.8) is 0 Å². The predicted octanol–water partition coefficient (Wildman–Crippen LogP) is 2.49. The molecular weight excluding hydrogens is 280 g/mol. The molecule has 2 atom stereocenters. The number of aromatic nitrogens is 1. The van der Waals surface area contributed by atoms with Crippen molar-refractivity contribution in [1.29, 1.82) is 0 Å². The zero-order valence-corrected chi connectivity index (χ0v) is 13.2. The Labute approximate surface area is 130 Å². The first kappa shape index (κ1) is 15.3. The van der Waals surface area contributed by atoms with Gasteiger partial charge < -0.3 is 19.5 Å². The third kappa shape index (κ3) is 2.59. The highest BCUT2D eigenvalue weighted by Crippen LogP contribution is 2.37. The van der Waals surface area contributed by atoms with Gasteiger partial charge in [0.25, 0.3) is 6.01 Å². The molecule has 0 saturated carbocycles. The van der Waals surface area contributed by atoms with Crippen LogP contribution in [0.2, 0.25) is 0 Å². The van der Waals surface area contributed by atoms with Crippen LogP contribution in [0.15, 0.2) is 22.6 Å². The highest BCUT2D eigenvalue weighted by atomic mass is 16.4. The topological polar surface area (TPSA) is 69.7 Å². The Bertz CT molecular complexity index is 654. The number of hydrogen-bond acceptors (Lipinski definition) is 5. The van der Waals surface area contributed by atoms with E-state index in [4.69, 9.17) is 4.42 Å². The van der Waals surface area contributed by atoms with Crippen molar-refractivity contribution in [1.82, 2.24) is 4.98 Å². The molecule has 0 bridgehead atoms. The lowest BCUT2D eigenvalue weighted by atomic mass is 9.73. The van der Waals surface area contributed by atoms with Crippen molar-refractivity contribution in [2.24, 2.45) is 5.41 Å². The fourth-order valence-corrected chi connectivity index (χ4v) is 3.41. The number of piperidine rings is 1. The van der Waals surface area contributed by atoms with Crippen molar-refractivity contribution in [3.8, 4) is 0 Å². The van der Waals surface area contributed by atoms with Crippen molar-refractivity contribution >= 4 is 17.1 Å². The molecule has 3 rings (SSSR count). The van der Waals surface area contributed by atoms with Gasteiger partial charge in [0, 0.05) is 18.5 Å². The monoisotopic (exact) mass is 304 g/mol. The Morgan fingerprint density at radius 3 is 2.95 bits per heavy atom. The quantitative estimate of drug-likeness (QED) is 0.908. The van der Waals surface area contributed by atoms with Crippen LogP contribution in [0.1, 0.15) is 31.7 Å². The number of benzene rings is 1. The Balaban J connectivity index is 1.81. The molecule has 1 aromatic carbocycles. The number of nitrogens with zero attached hydrogens (tertiary/aromatic N) is 2. The van der Waals surface area contributed by atoms with E-state index >= 15 is 0 Å². The minimum absolute atomic E-state index is 0.0304. The average molecular weight is 304 g/mol. The third-order valence-corrected chi connectivity index (χ3v) is 4.84. The second kappa shape index (κ2) is 5.89. The summed E-state index contributed by atoms with van der Waals surface area (Å²) in [5.74, 6) is 0. The first-order valence-electron chi connectivity index (χ1n) is 7.99. The number of anilines is 1. The zero-order chi connectivity index (χ0) is 15.7. The molecule has 5 nitrogen and oxygen atoms in total. The maximum atomic E-state index is 10.5. The number of rotatable bonds is 4. The van der Waals surface area contributed by atoms with Crippen molar-refractivity contribution < 1.29 is 14.6 Å². The number of aliphatic hydroxyl groups is 2. The molecule has 0 aliphatic carbocycles. The predicted molar refractivity (Wildman–Crippen MR) is 86.0 cm³/mol. The van der Waals surface area contributed by atoms with Gasteiger partial charge in [-0.25, -0.2) is 0 Å². The molecule has 0 amide bonds. The average Bonchev–Trinajstić information content (AvgIpc) is 2.92. The van der Waals surface area contributed by atoms with E-state index in [0.717, 1.165) is 42.5 Å². The van der Waals surface area contributed by atoms with Gasteiger partial charge in [-0.3, -0.25) is 0 Å². The summed E-state index contributed by atoms with van der Waals surface area (Å²) in [7, 11) is 0. The molecule has 1 saturated heterocycles. The summed E-state index contributed by atoms with van der Waals surface area (Å²) in [5, 5.41) is 20.3. The van der Waals surface area contributed by atoms with Crippen molar-refractivity contribution in [2.75, 3.05) is 24.6 Å². The van der Waals surface area contributed by atoms with Crippen LogP contribution in [0.25, 0.3) is 11.1 Å². The fraction of sp³-hybridized carbons (Fsp3) is 0.588. The SMILES string of the molecule is CCC[C@]1(CO)CCN(c2nc3cc(C)ccc3o2)C[C@H]1O. The number of hydrogen-bond donors (Lipinski definition) is 2. The number of aryl methyl sites for hydroxylation is 1. The molecule has 0 radical (unpaired) electrons. The lowest BCUT2D eigenvalue weighted by molar-refractivity contribution is -0.0378. The first-order valence-corrected chi connectivity index (χ1v) is 7.99. The molecule has 0 unspecified atom stereocenters. The van der Waals surface area contributed by atoms with Crippen LogP contribution in [-0.4, -0.2) is 41.0 Å². The fourth-order valence-electron chi connectivity index (χ4n) is 3.41. The van der Waals surface area contributed by atoms with Crippen molar-refractivity contribution in [3.05, 3.63) is 23.8 Å². The van der Waals surface area contributed by atoms with Crippen LogP contribution >= 0.6 is 0 Å². The van der Waals surface area contributed by atoms with E-state index < -0.39 is 6.10 Å². The number of β-amino-alcohol motifs (C(OH)–C–C–N with tert-alkyl or cyclic N) is 1. The van der Waals surface area contributed by atoms with E-state index in [-0.39, 0.29) is 12.0 Å². The Kier molecular flexibility index (Phi) is 4.10. The standard InChI is InChI=1S/C17H24N2O3/c1-3-6-17(11-20)7-8-19(10-15(17)21)16-18-13-9-12(2)4-5-14(13)22-16/h4-5,9,15,20-21H,3,6-8,10-11H2,1-2H3/t15-,17-/m1/s1. The van der Waals surface area contributed by atoms with Gasteiger partial charge in [-0.2, -0.15) is 4.98 Å². The molecule has 120 valence electrons. The molecule has 2 heterocycles. The van der Waals surface area contributed by atoms with Gasteiger partial charge in [0.1, 0.15) is 5.52 Å². The van der Waals surface area contributed by atoms with Crippen LogP contribution < -0.4 is 4.90 Å². The highest BCUT2D eigenvalue weighted by molar-refractivity contribution is 5.75. The molecule has 1 fully saturated rings. The summed E-state index contributed by atoms with van der Waals surface area (Å²) in [4.78, 5) is 6.51. The molecule has 1 aliphatic heterocycles. The van der Waals surface area contributed by atoms with Crippen LogP contribution in [0.4, 0.5) is 6.01 Å². The minimum Gasteiger partial charge on any atom is -0.423 e. The van der Waals surface area contributed by atoms with Crippen LogP contribution in [0.3, 0.4) is 0 Å². The summed E-state index contributed by atoms with van der Waals surface area (Å²) >= 11 is 0. The van der Waals surface area contributed by atoms with Gasteiger partial charge in [0.2, 0.25) is 0 Å². The van der Waals surface area contributed by atoms with Crippen LogP contribution in [0, 0.1) is 12.3 Å². The van der Waals surface area contributed by atoms with Gasteiger partial charge in [0.05, 0.1) is 12.7 Å². The van der Waals surface area contributed by atoms with E-state index in [0.29, 0.717) is 12.6 Å². The van der Waals surface area contributed by atoms with Crippen LogP contribution in [0.5, 0.6) is 0 Å². The third-order valence-electron chi connectivity index (χ3n) is 4.84. The van der Waals surface area contributed by atoms with Gasteiger partial charge in [-0.05, 0) is 37.5 Å². The summed E-state index contributed by atoms with van der Waals surface area (Å²) < 4.78 is 5.81. The second-order valence-electron chi connectivity index (χ2n) is 6.45. The molecular formula is C17H24N2O3. The largest absolute Gasteiger partial charge is 0.423 e. The lowest BCUT2D eigenvalue weighted by Crippen LogP contribution is -2.53. The summed E-state index contributed by atoms with van der Waals surface area (Å²) in [6.45, 7) is 5.33. The van der Waals surface area contributed by atoms with Gasteiger partial charge in [0.15, 0.2) is 5.58 Å². The Morgan fingerprint density at radius 1 is 1.45 bits per heavy atom. The lowest BCUT2D eigenvalue weighted by Gasteiger charge is -2.44. The normalized spacial score (nSPS) is 25.8. The second-order valence-corrected chi connectivity index (χ2v) is 6.45. The molecule has 5 heteroatoms.